The molecule has 1 aromatic carbocycles. The number of rotatable bonds is 2. The Morgan fingerprint density at radius 1 is 1.22 bits per heavy atom. The van der Waals surface area contributed by atoms with Gasteiger partial charge in [-0.3, -0.25) is 0 Å². The molecule has 2 aliphatic heterocycles. The van der Waals surface area contributed by atoms with Crippen LogP contribution in [0, 0.1) is 12.8 Å². The van der Waals surface area contributed by atoms with Gasteiger partial charge in [0.15, 0.2) is 0 Å². The lowest BCUT2D eigenvalue weighted by Crippen LogP contribution is -2.48. The molecule has 0 saturated carbocycles. The van der Waals surface area contributed by atoms with Crippen molar-refractivity contribution in [1.82, 2.24) is 20.0 Å². The highest BCUT2D eigenvalue weighted by Crippen LogP contribution is 2.26. The van der Waals surface area contributed by atoms with E-state index >= 15 is 0 Å². The fraction of sp³-hybridized carbons (Fsp3) is 0.444. The molecule has 2 bridgehead atoms. The Morgan fingerprint density at radius 2 is 2.04 bits per heavy atom. The average Bonchev–Trinajstić information content (AvgIpc) is 3.15. The fourth-order valence-electron chi connectivity index (χ4n) is 3.73. The Bertz CT molecular complexity index is 694. The lowest BCUT2D eigenvalue weighted by molar-refractivity contribution is 0.204. The van der Waals surface area contributed by atoms with E-state index in [9.17, 15) is 4.79 Å². The Morgan fingerprint density at radius 3 is 2.83 bits per heavy atom. The van der Waals surface area contributed by atoms with Crippen LogP contribution in [0.15, 0.2) is 36.7 Å². The van der Waals surface area contributed by atoms with Crippen molar-refractivity contribution in [2.45, 2.75) is 25.8 Å². The summed E-state index contributed by atoms with van der Waals surface area (Å²) in [5, 5.41) is 7.35. The van der Waals surface area contributed by atoms with Crippen LogP contribution in [0.3, 0.4) is 0 Å². The molecule has 3 unspecified atom stereocenters. The van der Waals surface area contributed by atoms with Gasteiger partial charge in [0.2, 0.25) is 0 Å². The zero-order chi connectivity index (χ0) is 15.8. The molecule has 5 heteroatoms. The number of fused-ring (bicyclic) bond motifs is 2. The molecule has 4 rings (SSSR count). The van der Waals surface area contributed by atoms with Gasteiger partial charge in [0.1, 0.15) is 0 Å². The van der Waals surface area contributed by atoms with Gasteiger partial charge >= 0.3 is 6.03 Å². The second-order valence-electron chi connectivity index (χ2n) is 6.84. The Balaban J connectivity index is 1.44. The minimum atomic E-state index is -0.129. The van der Waals surface area contributed by atoms with Crippen LogP contribution in [0.25, 0.3) is 11.1 Å². The molecule has 3 atom stereocenters. The number of aryl methyl sites for hydroxylation is 1. The molecule has 2 fully saturated rings. The van der Waals surface area contributed by atoms with Crippen LogP contribution < -0.4 is 5.32 Å². The minimum absolute atomic E-state index is 0.129. The highest BCUT2D eigenvalue weighted by molar-refractivity contribution is 5.77. The second-order valence-corrected chi connectivity index (χ2v) is 6.84. The van der Waals surface area contributed by atoms with Crippen molar-refractivity contribution in [2.24, 2.45) is 5.92 Å². The van der Waals surface area contributed by atoms with Gasteiger partial charge in [-0.2, -0.15) is 9.78 Å². The molecule has 1 amide bonds. The molecule has 0 aliphatic carbocycles. The Hall–Kier alpha value is -2.14. The molecule has 2 aromatic rings. The SMILES string of the molecule is Cc1ccc(-c2cnn(C(=O)NC3CC4CCN(C4)C3)c2)cc1. The average molecular weight is 310 g/mol. The van der Waals surface area contributed by atoms with Crippen LogP contribution >= 0.6 is 0 Å². The number of benzene rings is 1. The van der Waals surface area contributed by atoms with E-state index < -0.39 is 0 Å². The molecule has 2 aliphatic rings. The maximum atomic E-state index is 12.4. The van der Waals surface area contributed by atoms with E-state index in [2.05, 4.69) is 46.5 Å². The summed E-state index contributed by atoms with van der Waals surface area (Å²) >= 11 is 0. The van der Waals surface area contributed by atoms with E-state index in [4.69, 9.17) is 0 Å². The molecule has 1 aromatic heterocycles. The summed E-state index contributed by atoms with van der Waals surface area (Å²) in [6.07, 6.45) is 5.91. The number of carbonyl (C=O) groups is 1. The molecule has 120 valence electrons. The number of carbonyl (C=O) groups excluding carboxylic acids is 1. The van der Waals surface area contributed by atoms with Gasteiger partial charge < -0.3 is 10.2 Å². The molecule has 3 heterocycles. The lowest BCUT2D eigenvalue weighted by atomic mass is 9.97. The summed E-state index contributed by atoms with van der Waals surface area (Å²) in [7, 11) is 0. The molecular weight excluding hydrogens is 288 g/mol. The molecule has 5 nitrogen and oxygen atoms in total. The van der Waals surface area contributed by atoms with Crippen LogP contribution in [0.4, 0.5) is 4.79 Å². The summed E-state index contributed by atoms with van der Waals surface area (Å²) in [4.78, 5) is 14.9. The number of aromatic nitrogens is 2. The summed E-state index contributed by atoms with van der Waals surface area (Å²) < 4.78 is 1.42. The van der Waals surface area contributed by atoms with E-state index in [-0.39, 0.29) is 12.1 Å². The van der Waals surface area contributed by atoms with E-state index in [1.807, 2.05) is 0 Å². The highest BCUT2D eigenvalue weighted by atomic mass is 16.2. The quantitative estimate of drug-likeness (QED) is 0.927. The fourth-order valence-corrected chi connectivity index (χ4v) is 3.73. The zero-order valence-electron chi connectivity index (χ0n) is 13.4. The van der Waals surface area contributed by atoms with Crippen molar-refractivity contribution in [3.05, 3.63) is 42.2 Å². The predicted molar refractivity (Wildman–Crippen MR) is 89.3 cm³/mol. The monoisotopic (exact) mass is 310 g/mol. The third-order valence-electron chi connectivity index (χ3n) is 4.97. The summed E-state index contributed by atoms with van der Waals surface area (Å²) in [5.74, 6) is 0.745. The first kappa shape index (κ1) is 14.5. The van der Waals surface area contributed by atoms with Gasteiger partial charge in [-0.1, -0.05) is 29.8 Å². The van der Waals surface area contributed by atoms with Crippen LogP contribution in [0.2, 0.25) is 0 Å². The predicted octanol–water partition coefficient (Wildman–Crippen LogP) is 2.51. The minimum Gasteiger partial charge on any atom is -0.332 e. The van der Waals surface area contributed by atoms with E-state index in [0.717, 1.165) is 30.0 Å². The maximum Gasteiger partial charge on any atom is 0.342 e. The molecule has 0 spiro atoms. The van der Waals surface area contributed by atoms with Crippen molar-refractivity contribution in [1.29, 1.82) is 0 Å². The van der Waals surface area contributed by atoms with Gasteiger partial charge in [0.05, 0.1) is 6.20 Å². The van der Waals surface area contributed by atoms with Crippen molar-refractivity contribution < 1.29 is 4.79 Å². The van der Waals surface area contributed by atoms with Crippen molar-refractivity contribution in [3.8, 4) is 11.1 Å². The van der Waals surface area contributed by atoms with Gasteiger partial charge in [-0.25, -0.2) is 4.79 Å². The van der Waals surface area contributed by atoms with Crippen LogP contribution in [0.5, 0.6) is 0 Å². The summed E-state index contributed by atoms with van der Waals surface area (Å²) in [6.45, 7) is 5.41. The smallest absolute Gasteiger partial charge is 0.332 e. The first-order chi connectivity index (χ1) is 11.2. The van der Waals surface area contributed by atoms with E-state index in [0.29, 0.717) is 0 Å². The van der Waals surface area contributed by atoms with Crippen LogP contribution in [-0.4, -0.2) is 46.4 Å². The molecule has 23 heavy (non-hydrogen) atoms. The zero-order valence-corrected chi connectivity index (χ0v) is 13.4. The summed E-state index contributed by atoms with van der Waals surface area (Å²) in [5.41, 5.74) is 3.27. The van der Waals surface area contributed by atoms with Crippen molar-refractivity contribution in [3.63, 3.8) is 0 Å². The van der Waals surface area contributed by atoms with Gasteiger partial charge in [-0.15, -0.1) is 0 Å². The van der Waals surface area contributed by atoms with E-state index in [1.54, 1.807) is 12.4 Å². The number of hydrogen-bond acceptors (Lipinski definition) is 3. The van der Waals surface area contributed by atoms with Gasteiger partial charge in [0.25, 0.3) is 0 Å². The standard InChI is InChI=1S/C18H22N4O/c1-13-2-4-15(5-3-13)16-9-19-22(11-16)18(23)20-17-8-14-6-7-21(10-14)12-17/h2-5,9,11,14,17H,6-8,10,12H2,1H3,(H,20,23). The second kappa shape index (κ2) is 5.81. The number of piperidine rings is 1. The van der Waals surface area contributed by atoms with Crippen LogP contribution in [-0.2, 0) is 0 Å². The van der Waals surface area contributed by atoms with Crippen molar-refractivity contribution >= 4 is 6.03 Å². The van der Waals surface area contributed by atoms with Crippen LogP contribution in [0.1, 0.15) is 18.4 Å². The Labute approximate surface area is 136 Å². The lowest BCUT2D eigenvalue weighted by Gasteiger charge is -2.30. The number of nitrogens with one attached hydrogen (secondary N) is 1. The Kier molecular flexibility index (Phi) is 3.65. The third-order valence-corrected chi connectivity index (χ3v) is 4.97. The maximum absolute atomic E-state index is 12.4. The first-order valence-corrected chi connectivity index (χ1v) is 8.32. The first-order valence-electron chi connectivity index (χ1n) is 8.32. The molecule has 0 radical (unpaired) electrons. The van der Waals surface area contributed by atoms with E-state index in [1.165, 1.54) is 29.8 Å². The molecule has 1 N–H and O–H groups in total. The highest BCUT2D eigenvalue weighted by Gasteiger charge is 2.33. The topological polar surface area (TPSA) is 50.2 Å². The number of hydrogen-bond donors (Lipinski definition) is 1. The molecule has 2 saturated heterocycles. The molecular formula is C18H22N4O. The third kappa shape index (κ3) is 3.01. The van der Waals surface area contributed by atoms with Gasteiger partial charge in [0, 0.05) is 30.9 Å². The van der Waals surface area contributed by atoms with Crippen molar-refractivity contribution in [2.75, 3.05) is 19.6 Å². The summed E-state index contributed by atoms with van der Waals surface area (Å²) in [6, 6.07) is 8.37. The number of amides is 1. The van der Waals surface area contributed by atoms with Gasteiger partial charge in [-0.05, 0) is 37.8 Å². The number of nitrogens with zero attached hydrogens (tertiary/aromatic N) is 3. The normalized spacial score (nSPS) is 26.2. The largest absolute Gasteiger partial charge is 0.342 e.